The molecule has 0 aromatic heterocycles. The van der Waals surface area contributed by atoms with Crippen molar-refractivity contribution in [2.45, 2.75) is 25.8 Å². The van der Waals surface area contributed by atoms with Crippen LogP contribution in [-0.4, -0.2) is 37.3 Å². The van der Waals surface area contributed by atoms with Gasteiger partial charge in [0.1, 0.15) is 18.3 Å². The fourth-order valence-corrected chi connectivity index (χ4v) is 2.74. The maximum Gasteiger partial charge on any atom is 0.251 e. The van der Waals surface area contributed by atoms with Crippen molar-refractivity contribution in [1.29, 1.82) is 0 Å². The number of carbonyl (C=O) groups is 1. The highest BCUT2D eigenvalue weighted by atomic mass is 79.9. The summed E-state index contributed by atoms with van der Waals surface area (Å²) >= 11 is 3.43. The molecule has 0 fully saturated rings. The van der Waals surface area contributed by atoms with E-state index in [1.807, 2.05) is 37.3 Å². The van der Waals surface area contributed by atoms with Crippen LogP contribution in [0.1, 0.15) is 30.1 Å². The molecule has 0 radical (unpaired) electrons. The Bertz CT molecular complexity index is 664. The molecule has 0 heterocycles. The molecule has 0 aliphatic rings. The molecule has 146 valence electrons. The SMILES string of the molecule is CCOCOCC(CCCBr)NC(=O)c1ccc(Oc2ccccc2)cc1. The minimum atomic E-state index is -0.124. The number of ether oxygens (including phenoxy) is 3. The molecular weight excluding hydrogens is 410 g/mol. The number of carbonyl (C=O) groups excluding carboxylic acids is 1. The van der Waals surface area contributed by atoms with Crippen LogP contribution in [0.4, 0.5) is 0 Å². The molecule has 1 atom stereocenters. The zero-order valence-electron chi connectivity index (χ0n) is 15.5. The van der Waals surface area contributed by atoms with Crippen LogP contribution in [0.3, 0.4) is 0 Å². The summed E-state index contributed by atoms with van der Waals surface area (Å²) in [7, 11) is 0. The largest absolute Gasteiger partial charge is 0.457 e. The highest BCUT2D eigenvalue weighted by molar-refractivity contribution is 9.09. The third-order valence-electron chi connectivity index (χ3n) is 3.81. The fourth-order valence-electron chi connectivity index (χ4n) is 2.42. The monoisotopic (exact) mass is 435 g/mol. The molecule has 1 unspecified atom stereocenters. The maximum atomic E-state index is 12.5. The van der Waals surface area contributed by atoms with Gasteiger partial charge in [-0.15, -0.1) is 0 Å². The van der Waals surface area contributed by atoms with Gasteiger partial charge in [-0.05, 0) is 56.2 Å². The molecule has 0 spiro atoms. The van der Waals surface area contributed by atoms with Gasteiger partial charge in [0.15, 0.2) is 0 Å². The third kappa shape index (κ3) is 8.12. The fraction of sp³-hybridized carbons (Fsp3) is 0.381. The smallest absolute Gasteiger partial charge is 0.251 e. The highest BCUT2D eigenvalue weighted by Crippen LogP contribution is 2.21. The molecule has 0 saturated heterocycles. The summed E-state index contributed by atoms with van der Waals surface area (Å²) in [6.45, 7) is 3.19. The number of amides is 1. The first-order valence-electron chi connectivity index (χ1n) is 9.08. The first kappa shape index (κ1) is 21.4. The molecule has 2 aromatic carbocycles. The van der Waals surface area contributed by atoms with Crippen LogP contribution in [0.25, 0.3) is 0 Å². The van der Waals surface area contributed by atoms with Gasteiger partial charge in [-0.2, -0.15) is 0 Å². The average molecular weight is 436 g/mol. The second-order valence-corrected chi connectivity index (χ2v) is 6.72. The lowest BCUT2D eigenvalue weighted by atomic mass is 10.1. The number of halogens is 1. The van der Waals surface area contributed by atoms with Gasteiger partial charge in [0.05, 0.1) is 12.6 Å². The van der Waals surface area contributed by atoms with E-state index in [2.05, 4.69) is 21.2 Å². The molecule has 0 aliphatic carbocycles. The van der Waals surface area contributed by atoms with Crippen LogP contribution in [0.15, 0.2) is 54.6 Å². The van der Waals surface area contributed by atoms with Gasteiger partial charge >= 0.3 is 0 Å². The lowest BCUT2D eigenvalue weighted by molar-refractivity contribution is -0.0556. The Morgan fingerprint density at radius 2 is 1.74 bits per heavy atom. The Kier molecular flexibility index (Phi) is 9.90. The molecule has 1 amide bonds. The number of hydrogen-bond donors (Lipinski definition) is 1. The number of alkyl halides is 1. The maximum absolute atomic E-state index is 12.5. The Balaban J connectivity index is 1.89. The number of benzene rings is 2. The van der Waals surface area contributed by atoms with E-state index in [1.54, 1.807) is 24.3 Å². The van der Waals surface area contributed by atoms with Crippen molar-refractivity contribution in [1.82, 2.24) is 5.32 Å². The van der Waals surface area contributed by atoms with E-state index in [-0.39, 0.29) is 18.7 Å². The van der Waals surface area contributed by atoms with E-state index in [1.165, 1.54) is 0 Å². The topological polar surface area (TPSA) is 56.8 Å². The van der Waals surface area contributed by atoms with E-state index < -0.39 is 0 Å². The first-order valence-corrected chi connectivity index (χ1v) is 10.2. The number of nitrogens with one attached hydrogen (secondary N) is 1. The number of hydrogen-bond acceptors (Lipinski definition) is 4. The summed E-state index contributed by atoms with van der Waals surface area (Å²) in [5.41, 5.74) is 0.587. The Hall–Kier alpha value is -1.89. The zero-order chi connectivity index (χ0) is 19.3. The third-order valence-corrected chi connectivity index (χ3v) is 4.37. The molecule has 2 rings (SSSR count). The molecule has 0 aliphatic heterocycles. The summed E-state index contributed by atoms with van der Waals surface area (Å²) < 4.78 is 16.4. The predicted molar refractivity (Wildman–Crippen MR) is 110 cm³/mol. The predicted octanol–water partition coefficient (Wildman–Crippen LogP) is 4.76. The van der Waals surface area contributed by atoms with Crippen LogP contribution >= 0.6 is 15.9 Å². The number of para-hydroxylation sites is 1. The Labute approximate surface area is 169 Å². The summed E-state index contributed by atoms with van der Waals surface area (Å²) in [4.78, 5) is 12.5. The van der Waals surface area contributed by atoms with Gasteiger partial charge in [-0.3, -0.25) is 4.79 Å². The second kappa shape index (κ2) is 12.5. The van der Waals surface area contributed by atoms with Crippen molar-refractivity contribution in [2.75, 3.05) is 25.3 Å². The van der Waals surface area contributed by atoms with Gasteiger partial charge in [0.2, 0.25) is 0 Å². The van der Waals surface area contributed by atoms with Crippen molar-refractivity contribution >= 4 is 21.8 Å². The van der Waals surface area contributed by atoms with Gasteiger partial charge in [0.25, 0.3) is 5.91 Å². The van der Waals surface area contributed by atoms with Crippen molar-refractivity contribution in [3.63, 3.8) is 0 Å². The van der Waals surface area contributed by atoms with E-state index >= 15 is 0 Å². The van der Waals surface area contributed by atoms with Gasteiger partial charge < -0.3 is 19.5 Å². The molecule has 0 bridgehead atoms. The summed E-state index contributed by atoms with van der Waals surface area (Å²) in [6.07, 6.45) is 1.78. The van der Waals surface area contributed by atoms with Gasteiger partial charge in [0, 0.05) is 17.5 Å². The Morgan fingerprint density at radius 1 is 1.04 bits per heavy atom. The van der Waals surface area contributed by atoms with Gasteiger partial charge in [-0.1, -0.05) is 34.1 Å². The minimum absolute atomic E-state index is 0.0595. The van der Waals surface area contributed by atoms with Crippen LogP contribution in [-0.2, 0) is 9.47 Å². The van der Waals surface area contributed by atoms with Crippen LogP contribution in [0, 0.1) is 0 Å². The lowest BCUT2D eigenvalue weighted by Crippen LogP contribution is -2.38. The van der Waals surface area contributed by atoms with Crippen LogP contribution in [0.2, 0.25) is 0 Å². The average Bonchev–Trinajstić information content (AvgIpc) is 2.70. The molecule has 0 saturated carbocycles. The Morgan fingerprint density at radius 3 is 2.41 bits per heavy atom. The van der Waals surface area contributed by atoms with E-state index in [0.717, 1.165) is 23.9 Å². The van der Waals surface area contributed by atoms with Crippen LogP contribution < -0.4 is 10.1 Å². The van der Waals surface area contributed by atoms with Crippen molar-refractivity contribution in [3.8, 4) is 11.5 Å². The van der Waals surface area contributed by atoms with Gasteiger partial charge in [-0.25, -0.2) is 0 Å². The molecule has 2 aromatic rings. The van der Waals surface area contributed by atoms with Crippen molar-refractivity contribution in [3.05, 3.63) is 60.2 Å². The van der Waals surface area contributed by atoms with Crippen molar-refractivity contribution in [2.24, 2.45) is 0 Å². The second-order valence-electron chi connectivity index (χ2n) is 5.92. The normalized spacial score (nSPS) is 11.8. The summed E-state index contributed by atoms with van der Waals surface area (Å²) in [6, 6.07) is 16.6. The number of rotatable bonds is 12. The van der Waals surface area contributed by atoms with Crippen LogP contribution in [0.5, 0.6) is 11.5 Å². The first-order chi connectivity index (χ1) is 13.2. The lowest BCUT2D eigenvalue weighted by Gasteiger charge is -2.18. The zero-order valence-corrected chi connectivity index (χ0v) is 17.1. The highest BCUT2D eigenvalue weighted by Gasteiger charge is 2.14. The summed E-state index contributed by atoms with van der Waals surface area (Å²) in [5.74, 6) is 1.32. The standard InChI is InChI=1S/C21H26BrNO4/c1-2-25-16-26-15-18(7-6-14-22)23-21(24)17-10-12-20(13-11-17)27-19-8-4-3-5-9-19/h3-5,8-13,18H,2,6-7,14-16H2,1H3,(H,23,24). The molecule has 6 heteroatoms. The molecular formula is C21H26BrNO4. The van der Waals surface area contributed by atoms with E-state index in [0.29, 0.717) is 24.5 Å². The minimum Gasteiger partial charge on any atom is -0.457 e. The summed E-state index contributed by atoms with van der Waals surface area (Å²) in [5, 5.41) is 3.92. The van der Waals surface area contributed by atoms with E-state index in [9.17, 15) is 4.79 Å². The van der Waals surface area contributed by atoms with E-state index in [4.69, 9.17) is 14.2 Å². The van der Waals surface area contributed by atoms with Crippen molar-refractivity contribution < 1.29 is 19.0 Å². The molecule has 5 nitrogen and oxygen atoms in total. The molecule has 1 N–H and O–H groups in total. The quantitative estimate of drug-likeness (QED) is 0.296. The molecule has 27 heavy (non-hydrogen) atoms.